The first kappa shape index (κ1) is 34.6. The van der Waals surface area contributed by atoms with Crippen molar-refractivity contribution in [3.63, 3.8) is 0 Å². The van der Waals surface area contributed by atoms with Crippen LogP contribution in [0.1, 0.15) is 6.92 Å². The van der Waals surface area contributed by atoms with E-state index in [1.165, 1.54) is 7.11 Å². The number of rotatable bonds is 17. The minimum Gasteiger partial charge on any atom is -0.394 e. The molecule has 13 unspecified atom stereocenters. The van der Waals surface area contributed by atoms with Gasteiger partial charge in [-0.3, -0.25) is 0 Å². The Morgan fingerprint density at radius 3 is 2.08 bits per heavy atom. The zero-order chi connectivity index (χ0) is 29.1. The van der Waals surface area contributed by atoms with Gasteiger partial charge in [0.15, 0.2) is 12.6 Å². The summed E-state index contributed by atoms with van der Waals surface area (Å²) in [5, 5.41) is 83.7. The van der Waals surface area contributed by atoms with Crippen molar-refractivity contribution < 1.29 is 69.3 Å². The average molecular weight is 575 g/mol. The van der Waals surface area contributed by atoms with Gasteiger partial charge >= 0.3 is 0 Å². The third-order valence-electron chi connectivity index (χ3n) is 6.72. The summed E-state index contributed by atoms with van der Waals surface area (Å²) in [6.45, 7) is 0.639. The summed E-state index contributed by atoms with van der Waals surface area (Å²) in [6, 6.07) is 0. The van der Waals surface area contributed by atoms with Crippen molar-refractivity contribution in [2.75, 3.05) is 59.8 Å². The Hall–Kier alpha value is -0.640. The van der Waals surface area contributed by atoms with Crippen molar-refractivity contribution in [2.45, 2.75) is 80.5 Å². The SMILES string of the molecule is COCC1C(COC2OC(CO)C(O)C(O)C2O)OC(OC(CNCCN)C(CO)OC(C)CO)C(O)C1O. The zero-order valence-corrected chi connectivity index (χ0v) is 22.3. The number of hydrogen-bond acceptors (Lipinski definition) is 16. The van der Waals surface area contributed by atoms with Gasteiger partial charge in [-0.1, -0.05) is 0 Å². The highest BCUT2D eigenvalue weighted by molar-refractivity contribution is 4.92. The molecule has 16 nitrogen and oxygen atoms in total. The van der Waals surface area contributed by atoms with E-state index in [4.69, 9.17) is 34.2 Å². The summed E-state index contributed by atoms with van der Waals surface area (Å²) in [4.78, 5) is 0. The Labute approximate surface area is 227 Å². The summed E-state index contributed by atoms with van der Waals surface area (Å²) >= 11 is 0. The fourth-order valence-corrected chi connectivity index (χ4v) is 4.43. The maximum Gasteiger partial charge on any atom is 0.186 e. The molecule has 0 saturated carbocycles. The van der Waals surface area contributed by atoms with Gasteiger partial charge in [0, 0.05) is 32.7 Å². The molecule has 16 heteroatoms. The number of ether oxygens (including phenoxy) is 6. The Kier molecular flexibility index (Phi) is 15.4. The standard InChI is InChI=1S/C23H46N2O14/c1-11(6-26)36-14(7-27)13(5-25-4-3-24)37-23-20(32)17(29)12(9-34-2)16(39-23)10-35-22-21(33)19(31)18(30)15(8-28)38-22/h11-23,25-33H,3-10,24H2,1-2H3. The summed E-state index contributed by atoms with van der Waals surface area (Å²) in [7, 11) is 1.39. The van der Waals surface area contributed by atoms with E-state index >= 15 is 0 Å². The maximum atomic E-state index is 10.9. The molecular weight excluding hydrogens is 528 g/mol. The number of nitrogens with one attached hydrogen (secondary N) is 1. The van der Waals surface area contributed by atoms with E-state index in [0.29, 0.717) is 13.1 Å². The normalized spacial score (nSPS) is 37.9. The number of hydrogen-bond donors (Lipinski definition) is 10. The second-order valence-corrected chi connectivity index (χ2v) is 9.69. The molecule has 2 saturated heterocycles. The fourth-order valence-electron chi connectivity index (χ4n) is 4.43. The molecule has 2 fully saturated rings. The van der Waals surface area contributed by atoms with Crippen molar-refractivity contribution in [3.05, 3.63) is 0 Å². The lowest BCUT2D eigenvalue weighted by molar-refractivity contribution is -0.336. The van der Waals surface area contributed by atoms with Gasteiger partial charge in [0.25, 0.3) is 0 Å². The molecule has 0 aromatic heterocycles. The number of methoxy groups -OCH3 is 1. The first-order valence-electron chi connectivity index (χ1n) is 13.0. The highest BCUT2D eigenvalue weighted by atomic mass is 16.7. The molecule has 0 bridgehead atoms. The Morgan fingerprint density at radius 2 is 1.49 bits per heavy atom. The highest BCUT2D eigenvalue weighted by Crippen LogP contribution is 2.30. The Bertz CT molecular complexity index is 666. The molecule has 2 rings (SSSR count). The van der Waals surface area contributed by atoms with E-state index in [2.05, 4.69) is 5.32 Å². The number of aliphatic hydroxyl groups excluding tert-OH is 8. The van der Waals surface area contributed by atoms with Crippen molar-refractivity contribution in [1.82, 2.24) is 5.32 Å². The summed E-state index contributed by atoms with van der Waals surface area (Å²) in [5.41, 5.74) is 5.54. The van der Waals surface area contributed by atoms with Crippen molar-refractivity contribution >= 4 is 0 Å². The van der Waals surface area contributed by atoms with E-state index in [1.807, 2.05) is 0 Å². The topological polar surface area (TPSA) is 255 Å². The maximum absolute atomic E-state index is 10.9. The van der Waals surface area contributed by atoms with Crippen LogP contribution in [0.25, 0.3) is 0 Å². The quantitative estimate of drug-likeness (QED) is 0.0726. The minimum absolute atomic E-state index is 0.0501. The minimum atomic E-state index is -1.65. The van der Waals surface area contributed by atoms with Crippen molar-refractivity contribution in [2.24, 2.45) is 11.7 Å². The molecule has 0 radical (unpaired) electrons. The number of aliphatic hydroxyl groups is 8. The van der Waals surface area contributed by atoms with Crippen LogP contribution in [-0.4, -0.2) is 174 Å². The molecule has 232 valence electrons. The third kappa shape index (κ3) is 9.44. The van der Waals surface area contributed by atoms with E-state index < -0.39 is 92.8 Å². The molecular formula is C23H46N2O14. The van der Waals surface area contributed by atoms with Crippen LogP contribution in [0.4, 0.5) is 0 Å². The lowest BCUT2D eigenvalue weighted by Gasteiger charge is -2.45. The molecule has 0 spiro atoms. The van der Waals surface area contributed by atoms with Gasteiger partial charge in [0.2, 0.25) is 0 Å². The lowest BCUT2D eigenvalue weighted by Crippen LogP contribution is -2.61. The van der Waals surface area contributed by atoms with Gasteiger partial charge in [0.05, 0.1) is 51.3 Å². The molecule has 0 aliphatic carbocycles. The van der Waals surface area contributed by atoms with Crippen LogP contribution in [0, 0.1) is 5.92 Å². The van der Waals surface area contributed by atoms with Gasteiger partial charge in [-0.25, -0.2) is 0 Å². The van der Waals surface area contributed by atoms with Gasteiger partial charge in [-0.2, -0.15) is 0 Å². The first-order chi connectivity index (χ1) is 18.6. The van der Waals surface area contributed by atoms with Crippen LogP contribution in [0.2, 0.25) is 0 Å². The summed E-state index contributed by atoms with van der Waals surface area (Å²) in [5.74, 6) is -0.817. The lowest BCUT2D eigenvalue weighted by atomic mass is 9.89. The van der Waals surface area contributed by atoms with Gasteiger partial charge in [-0.05, 0) is 6.92 Å². The molecule has 2 aliphatic rings. The average Bonchev–Trinajstić information content (AvgIpc) is 2.93. The fraction of sp³-hybridized carbons (Fsp3) is 1.00. The van der Waals surface area contributed by atoms with Gasteiger partial charge in [0.1, 0.15) is 42.7 Å². The number of nitrogens with two attached hydrogens (primary N) is 1. The van der Waals surface area contributed by atoms with Crippen molar-refractivity contribution in [3.8, 4) is 0 Å². The first-order valence-corrected chi connectivity index (χ1v) is 13.0. The second kappa shape index (κ2) is 17.3. The van der Waals surface area contributed by atoms with Crippen LogP contribution in [-0.2, 0) is 28.4 Å². The molecule has 0 amide bonds. The summed E-state index contributed by atoms with van der Waals surface area (Å²) < 4.78 is 33.7. The molecule has 2 heterocycles. The molecule has 13 atom stereocenters. The molecule has 11 N–H and O–H groups in total. The van der Waals surface area contributed by atoms with E-state index in [1.54, 1.807) is 6.92 Å². The van der Waals surface area contributed by atoms with E-state index in [0.717, 1.165) is 0 Å². The predicted octanol–water partition coefficient (Wildman–Crippen LogP) is -5.80. The van der Waals surface area contributed by atoms with Crippen LogP contribution < -0.4 is 11.1 Å². The van der Waals surface area contributed by atoms with Crippen molar-refractivity contribution in [1.29, 1.82) is 0 Å². The van der Waals surface area contributed by atoms with E-state index in [-0.39, 0.29) is 26.4 Å². The van der Waals surface area contributed by atoms with Crippen LogP contribution in [0.3, 0.4) is 0 Å². The van der Waals surface area contributed by atoms with Gasteiger partial charge in [-0.15, -0.1) is 0 Å². The zero-order valence-electron chi connectivity index (χ0n) is 22.3. The van der Waals surface area contributed by atoms with Gasteiger partial charge < -0.3 is 80.3 Å². The smallest absolute Gasteiger partial charge is 0.186 e. The molecule has 0 aromatic rings. The third-order valence-corrected chi connectivity index (χ3v) is 6.72. The highest BCUT2D eigenvalue weighted by Gasteiger charge is 2.48. The molecule has 39 heavy (non-hydrogen) atoms. The largest absolute Gasteiger partial charge is 0.394 e. The predicted molar refractivity (Wildman–Crippen MR) is 131 cm³/mol. The van der Waals surface area contributed by atoms with E-state index in [9.17, 15) is 40.9 Å². The summed E-state index contributed by atoms with van der Waals surface area (Å²) in [6.07, 6.45) is -15.3. The Morgan fingerprint density at radius 1 is 0.821 bits per heavy atom. The van der Waals surface area contributed by atoms with Crippen LogP contribution >= 0.6 is 0 Å². The molecule has 0 aromatic carbocycles. The van der Waals surface area contributed by atoms with Crippen LogP contribution in [0.15, 0.2) is 0 Å². The van der Waals surface area contributed by atoms with Crippen LogP contribution in [0.5, 0.6) is 0 Å². The Balaban J connectivity index is 2.18. The monoisotopic (exact) mass is 574 g/mol. The second-order valence-electron chi connectivity index (χ2n) is 9.69. The molecule has 2 aliphatic heterocycles.